The van der Waals surface area contributed by atoms with Crippen molar-refractivity contribution in [1.29, 1.82) is 0 Å². The Labute approximate surface area is 153 Å². The van der Waals surface area contributed by atoms with Gasteiger partial charge in [-0.05, 0) is 42.2 Å². The number of rotatable bonds is 9. The van der Waals surface area contributed by atoms with Crippen molar-refractivity contribution in [1.82, 2.24) is 9.55 Å². The van der Waals surface area contributed by atoms with Gasteiger partial charge in [0, 0.05) is 12.4 Å². The number of aromatic nitrogens is 2. The van der Waals surface area contributed by atoms with Crippen LogP contribution in [0, 0.1) is 0 Å². The molecule has 0 fully saturated rings. The van der Waals surface area contributed by atoms with Gasteiger partial charge in [0.25, 0.3) is 0 Å². The minimum Gasteiger partial charge on any atom is -0.497 e. The standard InChI is InChI=1S/C21H24N2O3/c1-25-20-10-7-17(8-11-20)6-9-18-4-2-3-5-21(18)26-15-19(24)14-23-13-12-22-16-23/h2-5,7-8,10-13,16,19,24H,6,9,14-15H2,1H3/t19-/m1/s1. The van der Waals surface area contributed by atoms with E-state index in [2.05, 4.69) is 23.2 Å². The summed E-state index contributed by atoms with van der Waals surface area (Å²) in [5.41, 5.74) is 2.39. The van der Waals surface area contributed by atoms with Gasteiger partial charge in [-0.15, -0.1) is 0 Å². The molecule has 1 atom stereocenters. The summed E-state index contributed by atoms with van der Waals surface area (Å²) in [7, 11) is 1.67. The van der Waals surface area contributed by atoms with Gasteiger partial charge >= 0.3 is 0 Å². The maximum Gasteiger partial charge on any atom is 0.122 e. The third-order valence-corrected chi connectivity index (χ3v) is 4.23. The summed E-state index contributed by atoms with van der Waals surface area (Å²) >= 11 is 0. The first kappa shape index (κ1) is 18.0. The molecule has 5 nitrogen and oxygen atoms in total. The number of aryl methyl sites for hydroxylation is 2. The Balaban J connectivity index is 1.55. The number of ether oxygens (including phenoxy) is 2. The Morgan fingerprint density at radius 3 is 2.62 bits per heavy atom. The number of hydrogen-bond donors (Lipinski definition) is 1. The van der Waals surface area contributed by atoms with Crippen LogP contribution in [-0.4, -0.2) is 34.5 Å². The Bertz CT molecular complexity index is 785. The number of methoxy groups -OCH3 is 1. The molecule has 0 saturated heterocycles. The lowest BCUT2D eigenvalue weighted by Gasteiger charge is -2.15. The first-order chi connectivity index (χ1) is 12.7. The van der Waals surface area contributed by atoms with Crippen LogP contribution < -0.4 is 9.47 Å². The quantitative estimate of drug-likeness (QED) is 0.643. The summed E-state index contributed by atoms with van der Waals surface area (Å²) in [6.45, 7) is 0.714. The second-order valence-electron chi connectivity index (χ2n) is 6.18. The predicted molar refractivity (Wildman–Crippen MR) is 101 cm³/mol. The zero-order valence-electron chi connectivity index (χ0n) is 14.9. The smallest absolute Gasteiger partial charge is 0.122 e. The summed E-state index contributed by atoms with van der Waals surface area (Å²) in [5.74, 6) is 1.69. The van der Waals surface area contributed by atoms with E-state index >= 15 is 0 Å². The molecule has 0 aliphatic rings. The van der Waals surface area contributed by atoms with Crippen LogP contribution in [0.4, 0.5) is 0 Å². The van der Waals surface area contributed by atoms with Crippen molar-refractivity contribution in [3.05, 3.63) is 78.4 Å². The number of hydrogen-bond acceptors (Lipinski definition) is 4. The van der Waals surface area contributed by atoms with Gasteiger partial charge in [0.1, 0.15) is 24.2 Å². The van der Waals surface area contributed by atoms with Crippen molar-refractivity contribution in [2.24, 2.45) is 0 Å². The normalized spacial score (nSPS) is 11.9. The fourth-order valence-corrected chi connectivity index (χ4v) is 2.80. The third-order valence-electron chi connectivity index (χ3n) is 4.23. The zero-order chi connectivity index (χ0) is 18.2. The molecule has 1 heterocycles. The summed E-state index contributed by atoms with van der Waals surface area (Å²) in [6.07, 6.45) is 6.42. The molecule has 0 unspecified atom stereocenters. The van der Waals surface area contributed by atoms with Gasteiger partial charge in [-0.1, -0.05) is 30.3 Å². The Morgan fingerprint density at radius 2 is 1.88 bits per heavy atom. The molecular formula is C21H24N2O3. The third kappa shape index (κ3) is 5.10. The summed E-state index contributed by atoms with van der Waals surface area (Å²) < 4.78 is 12.9. The summed E-state index contributed by atoms with van der Waals surface area (Å²) in [5, 5.41) is 10.1. The van der Waals surface area contributed by atoms with Crippen LogP contribution in [0.25, 0.3) is 0 Å². The van der Waals surface area contributed by atoms with Crippen LogP contribution in [-0.2, 0) is 19.4 Å². The van der Waals surface area contributed by atoms with Crippen LogP contribution in [0.5, 0.6) is 11.5 Å². The number of imidazole rings is 1. The fourth-order valence-electron chi connectivity index (χ4n) is 2.80. The average molecular weight is 352 g/mol. The monoisotopic (exact) mass is 352 g/mol. The van der Waals surface area contributed by atoms with Crippen LogP contribution in [0.2, 0.25) is 0 Å². The predicted octanol–water partition coefficient (Wildman–Crippen LogP) is 3.12. The summed E-state index contributed by atoms with van der Waals surface area (Å²) in [6, 6.07) is 16.1. The highest BCUT2D eigenvalue weighted by molar-refractivity contribution is 5.35. The maximum absolute atomic E-state index is 10.1. The lowest BCUT2D eigenvalue weighted by atomic mass is 10.0. The van der Waals surface area contributed by atoms with Crippen molar-refractivity contribution in [3.63, 3.8) is 0 Å². The largest absolute Gasteiger partial charge is 0.497 e. The van der Waals surface area contributed by atoms with E-state index in [1.165, 1.54) is 5.56 Å². The molecule has 2 aromatic carbocycles. The molecule has 5 heteroatoms. The lowest BCUT2D eigenvalue weighted by molar-refractivity contribution is 0.0920. The van der Waals surface area contributed by atoms with Crippen LogP contribution in [0.15, 0.2) is 67.3 Å². The van der Waals surface area contributed by atoms with Crippen LogP contribution in [0.1, 0.15) is 11.1 Å². The van der Waals surface area contributed by atoms with Gasteiger partial charge in [0.2, 0.25) is 0 Å². The molecular weight excluding hydrogens is 328 g/mol. The maximum atomic E-state index is 10.1. The molecule has 0 radical (unpaired) electrons. The van der Waals surface area contributed by atoms with E-state index in [1.54, 1.807) is 19.6 Å². The number of aliphatic hydroxyl groups is 1. The van der Waals surface area contributed by atoms with Crippen LogP contribution in [0.3, 0.4) is 0 Å². The molecule has 26 heavy (non-hydrogen) atoms. The topological polar surface area (TPSA) is 56.5 Å². The second-order valence-corrected chi connectivity index (χ2v) is 6.18. The van der Waals surface area contributed by atoms with Gasteiger partial charge in [-0.2, -0.15) is 0 Å². The van der Waals surface area contributed by atoms with E-state index in [0.29, 0.717) is 6.54 Å². The fraction of sp³-hybridized carbons (Fsp3) is 0.286. The highest BCUT2D eigenvalue weighted by Gasteiger charge is 2.09. The molecule has 1 aromatic heterocycles. The van der Waals surface area contributed by atoms with Crippen LogP contribution >= 0.6 is 0 Å². The average Bonchev–Trinajstić information content (AvgIpc) is 3.18. The lowest BCUT2D eigenvalue weighted by Crippen LogP contribution is -2.23. The van der Waals surface area contributed by atoms with Crippen molar-refractivity contribution in [2.45, 2.75) is 25.5 Å². The van der Waals surface area contributed by atoms with E-state index in [9.17, 15) is 5.11 Å². The van der Waals surface area contributed by atoms with E-state index in [1.807, 2.05) is 41.1 Å². The molecule has 136 valence electrons. The molecule has 0 aliphatic heterocycles. The molecule has 0 aliphatic carbocycles. The number of benzene rings is 2. The molecule has 0 bridgehead atoms. The highest BCUT2D eigenvalue weighted by atomic mass is 16.5. The van der Waals surface area contributed by atoms with Gasteiger partial charge in [-0.3, -0.25) is 0 Å². The van der Waals surface area contributed by atoms with Gasteiger partial charge in [0.05, 0.1) is 20.0 Å². The minimum absolute atomic E-state index is 0.248. The van der Waals surface area contributed by atoms with E-state index in [4.69, 9.17) is 9.47 Å². The Morgan fingerprint density at radius 1 is 1.08 bits per heavy atom. The van der Waals surface area contributed by atoms with Crippen molar-refractivity contribution >= 4 is 0 Å². The second kappa shape index (κ2) is 9.06. The Kier molecular flexibility index (Phi) is 6.28. The molecule has 0 saturated carbocycles. The molecule has 1 N–H and O–H groups in total. The SMILES string of the molecule is COc1ccc(CCc2ccccc2OC[C@H](O)Cn2ccnc2)cc1. The molecule has 0 amide bonds. The van der Waals surface area contributed by atoms with Gasteiger partial charge < -0.3 is 19.1 Å². The van der Waals surface area contributed by atoms with Gasteiger partial charge in [-0.25, -0.2) is 4.98 Å². The number of aliphatic hydroxyl groups excluding tert-OH is 1. The zero-order valence-corrected chi connectivity index (χ0v) is 14.9. The van der Waals surface area contributed by atoms with Gasteiger partial charge in [0.15, 0.2) is 0 Å². The first-order valence-electron chi connectivity index (χ1n) is 8.72. The number of nitrogens with zero attached hydrogens (tertiary/aromatic N) is 2. The van der Waals surface area contributed by atoms with E-state index in [-0.39, 0.29) is 6.61 Å². The van der Waals surface area contributed by atoms with E-state index < -0.39 is 6.10 Å². The number of para-hydroxylation sites is 1. The summed E-state index contributed by atoms with van der Waals surface area (Å²) in [4.78, 5) is 3.97. The molecule has 0 spiro atoms. The molecule has 3 rings (SSSR count). The minimum atomic E-state index is -0.584. The molecule has 3 aromatic rings. The van der Waals surface area contributed by atoms with E-state index in [0.717, 1.165) is 29.9 Å². The van der Waals surface area contributed by atoms with Crippen molar-refractivity contribution < 1.29 is 14.6 Å². The van der Waals surface area contributed by atoms with Crippen molar-refractivity contribution in [3.8, 4) is 11.5 Å². The first-order valence-corrected chi connectivity index (χ1v) is 8.72. The van der Waals surface area contributed by atoms with Crippen molar-refractivity contribution in [2.75, 3.05) is 13.7 Å². The highest BCUT2D eigenvalue weighted by Crippen LogP contribution is 2.21. The Hall–Kier alpha value is -2.79.